The van der Waals surface area contributed by atoms with Crippen LogP contribution in [0, 0.1) is 6.92 Å². The molecule has 200 valence electrons. The van der Waals surface area contributed by atoms with Crippen LogP contribution >= 0.6 is 27.5 Å². The number of carbonyl (C=O) groups is 3. The predicted octanol–water partition coefficient (Wildman–Crippen LogP) is 7.62. The van der Waals surface area contributed by atoms with Crippen LogP contribution in [0.1, 0.15) is 50.2 Å². The zero-order valence-corrected chi connectivity index (χ0v) is 23.8. The van der Waals surface area contributed by atoms with Crippen molar-refractivity contribution in [1.82, 2.24) is 0 Å². The molecule has 0 saturated carbocycles. The summed E-state index contributed by atoms with van der Waals surface area (Å²) in [5, 5.41) is 5.86. The summed E-state index contributed by atoms with van der Waals surface area (Å²) in [6.07, 6.45) is 0.450. The van der Waals surface area contributed by atoms with Gasteiger partial charge in [0.15, 0.2) is 6.61 Å². The van der Waals surface area contributed by atoms with E-state index in [9.17, 15) is 14.4 Å². The smallest absolute Gasteiger partial charge is 0.306 e. The van der Waals surface area contributed by atoms with Crippen molar-refractivity contribution in [2.45, 2.75) is 46.0 Å². The first-order valence-corrected chi connectivity index (χ1v) is 13.4. The van der Waals surface area contributed by atoms with Gasteiger partial charge in [-0.2, -0.15) is 0 Å². The highest BCUT2D eigenvalue weighted by Crippen LogP contribution is 2.32. The van der Waals surface area contributed by atoms with Crippen molar-refractivity contribution in [1.29, 1.82) is 0 Å². The predicted molar refractivity (Wildman–Crippen MR) is 153 cm³/mol. The third-order valence-electron chi connectivity index (χ3n) is 5.51. The van der Waals surface area contributed by atoms with Crippen molar-refractivity contribution >= 4 is 56.7 Å². The van der Waals surface area contributed by atoms with Crippen LogP contribution in [0.4, 0.5) is 11.4 Å². The number of esters is 1. The normalized spacial score (nSPS) is 10.7. The fourth-order valence-electron chi connectivity index (χ4n) is 3.55. The summed E-state index contributed by atoms with van der Waals surface area (Å²) >= 11 is 9.26. The quantitative estimate of drug-likeness (QED) is 0.221. The number of halogens is 2. The van der Waals surface area contributed by atoms with Gasteiger partial charge in [0.05, 0.1) is 5.02 Å². The first-order valence-electron chi connectivity index (χ1n) is 12.2. The summed E-state index contributed by atoms with van der Waals surface area (Å²) in [6, 6.07) is 18.2. The van der Waals surface area contributed by atoms with E-state index < -0.39 is 18.5 Å². The van der Waals surface area contributed by atoms with Gasteiger partial charge in [0.1, 0.15) is 11.5 Å². The van der Waals surface area contributed by atoms with Crippen molar-refractivity contribution in [2.75, 3.05) is 17.2 Å². The Morgan fingerprint density at radius 1 is 0.895 bits per heavy atom. The second-order valence-electron chi connectivity index (χ2n) is 9.06. The molecule has 0 fully saturated rings. The minimum Gasteiger partial charge on any atom is -0.457 e. The molecule has 0 radical (unpaired) electrons. The van der Waals surface area contributed by atoms with Crippen LogP contribution in [0.3, 0.4) is 0 Å². The van der Waals surface area contributed by atoms with Gasteiger partial charge in [-0.1, -0.05) is 37.6 Å². The van der Waals surface area contributed by atoms with Gasteiger partial charge in [-0.3, -0.25) is 14.4 Å². The molecule has 0 atom stereocenters. The molecule has 0 heterocycles. The molecule has 3 rings (SSSR count). The summed E-state index contributed by atoms with van der Waals surface area (Å²) in [7, 11) is 0. The lowest BCUT2D eigenvalue weighted by Gasteiger charge is -2.15. The molecule has 0 aliphatic rings. The molecule has 0 aliphatic carbocycles. The van der Waals surface area contributed by atoms with E-state index in [1.807, 2.05) is 13.0 Å². The Balaban J connectivity index is 1.38. The Kier molecular flexibility index (Phi) is 10.7. The standard InChI is InChI=1S/C29H30BrClN2O5/c1-18(2)23-13-7-19(3)15-26(23)38-22-11-8-20(9-12-22)32-27(34)5-4-6-29(36)37-17-28(35)33-21-10-14-24(30)25(31)16-21/h7-16,18H,4-6,17H2,1-3H3,(H,32,34)(H,33,35). The van der Waals surface area contributed by atoms with Gasteiger partial charge in [-0.05, 0) is 94.9 Å². The number of aryl methyl sites for hydroxylation is 1. The Morgan fingerprint density at radius 2 is 1.58 bits per heavy atom. The lowest BCUT2D eigenvalue weighted by atomic mass is 10.0. The summed E-state index contributed by atoms with van der Waals surface area (Å²) in [6.45, 7) is 5.84. The maximum absolute atomic E-state index is 12.3. The van der Waals surface area contributed by atoms with Gasteiger partial charge in [0, 0.05) is 28.7 Å². The summed E-state index contributed by atoms with van der Waals surface area (Å²) in [5.74, 6) is 0.557. The fourth-order valence-corrected chi connectivity index (χ4v) is 3.97. The molecule has 3 aromatic carbocycles. The van der Waals surface area contributed by atoms with Crippen LogP contribution in [0.5, 0.6) is 11.5 Å². The van der Waals surface area contributed by atoms with Crippen LogP contribution in [0.15, 0.2) is 65.1 Å². The summed E-state index contributed by atoms with van der Waals surface area (Å²) < 4.78 is 11.8. The van der Waals surface area contributed by atoms with Gasteiger partial charge >= 0.3 is 5.97 Å². The number of ether oxygens (including phenoxy) is 2. The highest BCUT2D eigenvalue weighted by atomic mass is 79.9. The number of hydrogen-bond acceptors (Lipinski definition) is 5. The molecule has 9 heteroatoms. The topological polar surface area (TPSA) is 93.7 Å². The van der Waals surface area contributed by atoms with E-state index in [0.29, 0.717) is 39.0 Å². The Labute approximate surface area is 236 Å². The molecular formula is C29H30BrClN2O5. The molecule has 7 nitrogen and oxygen atoms in total. The monoisotopic (exact) mass is 600 g/mol. The van der Waals surface area contributed by atoms with Crippen molar-refractivity contribution in [3.05, 3.63) is 81.3 Å². The SMILES string of the molecule is Cc1ccc(C(C)C)c(Oc2ccc(NC(=O)CCCC(=O)OCC(=O)Nc3ccc(Br)c(Cl)c3)cc2)c1. The van der Waals surface area contributed by atoms with Crippen molar-refractivity contribution in [3.8, 4) is 11.5 Å². The van der Waals surface area contributed by atoms with E-state index >= 15 is 0 Å². The van der Waals surface area contributed by atoms with Gasteiger partial charge in [-0.25, -0.2) is 0 Å². The lowest BCUT2D eigenvalue weighted by Crippen LogP contribution is -2.21. The zero-order valence-electron chi connectivity index (χ0n) is 21.5. The summed E-state index contributed by atoms with van der Waals surface area (Å²) in [4.78, 5) is 36.2. The number of hydrogen-bond donors (Lipinski definition) is 2. The Hall–Kier alpha value is -3.36. The van der Waals surface area contributed by atoms with Gasteiger partial charge < -0.3 is 20.1 Å². The Morgan fingerprint density at radius 3 is 2.26 bits per heavy atom. The van der Waals surface area contributed by atoms with Crippen LogP contribution in [-0.4, -0.2) is 24.4 Å². The second-order valence-corrected chi connectivity index (χ2v) is 10.3. The third kappa shape index (κ3) is 9.19. The lowest BCUT2D eigenvalue weighted by molar-refractivity contribution is -0.147. The van der Waals surface area contributed by atoms with E-state index in [2.05, 4.69) is 52.5 Å². The van der Waals surface area contributed by atoms with E-state index in [4.69, 9.17) is 21.1 Å². The maximum atomic E-state index is 12.3. The first-order chi connectivity index (χ1) is 18.1. The van der Waals surface area contributed by atoms with Crippen molar-refractivity contribution in [3.63, 3.8) is 0 Å². The molecule has 0 bridgehead atoms. The second kappa shape index (κ2) is 14.0. The minimum absolute atomic E-state index is 0.0201. The van der Waals surface area contributed by atoms with Crippen molar-refractivity contribution in [2.24, 2.45) is 0 Å². The molecule has 0 spiro atoms. The molecular weight excluding hydrogens is 572 g/mol. The number of carbonyl (C=O) groups excluding carboxylic acids is 3. The molecule has 0 aliphatic heterocycles. The average Bonchev–Trinajstić information content (AvgIpc) is 2.86. The number of amides is 2. The molecule has 38 heavy (non-hydrogen) atoms. The van der Waals surface area contributed by atoms with E-state index in [-0.39, 0.29) is 18.7 Å². The minimum atomic E-state index is -0.555. The maximum Gasteiger partial charge on any atom is 0.306 e. The number of benzene rings is 3. The number of rotatable bonds is 11. The first kappa shape index (κ1) is 29.2. The largest absolute Gasteiger partial charge is 0.457 e. The molecule has 2 N–H and O–H groups in total. The molecule has 0 unspecified atom stereocenters. The fraction of sp³-hybridized carbons (Fsp3) is 0.276. The Bertz CT molecular complexity index is 1290. The van der Waals surface area contributed by atoms with Gasteiger partial charge in [0.2, 0.25) is 5.91 Å². The van der Waals surface area contributed by atoms with E-state index in [0.717, 1.165) is 16.9 Å². The van der Waals surface area contributed by atoms with Crippen LogP contribution < -0.4 is 15.4 Å². The zero-order chi connectivity index (χ0) is 27.7. The number of anilines is 2. The molecule has 3 aromatic rings. The van der Waals surface area contributed by atoms with Gasteiger partial charge in [0.25, 0.3) is 5.91 Å². The van der Waals surface area contributed by atoms with Gasteiger partial charge in [-0.15, -0.1) is 0 Å². The van der Waals surface area contributed by atoms with Crippen LogP contribution in [0.25, 0.3) is 0 Å². The van der Waals surface area contributed by atoms with Crippen molar-refractivity contribution < 1.29 is 23.9 Å². The van der Waals surface area contributed by atoms with Crippen LogP contribution in [0.2, 0.25) is 5.02 Å². The molecule has 0 aromatic heterocycles. The third-order valence-corrected chi connectivity index (χ3v) is 6.74. The molecule has 2 amide bonds. The highest BCUT2D eigenvalue weighted by molar-refractivity contribution is 9.10. The summed E-state index contributed by atoms with van der Waals surface area (Å²) in [5.41, 5.74) is 3.36. The van der Waals surface area contributed by atoms with Crippen LogP contribution in [-0.2, 0) is 19.1 Å². The average molecular weight is 602 g/mol. The van der Waals surface area contributed by atoms with E-state index in [1.54, 1.807) is 42.5 Å². The highest BCUT2D eigenvalue weighted by Gasteiger charge is 2.12. The van der Waals surface area contributed by atoms with E-state index in [1.165, 1.54) is 0 Å². The molecule has 0 saturated heterocycles. The number of nitrogens with one attached hydrogen (secondary N) is 2.